The summed E-state index contributed by atoms with van der Waals surface area (Å²) in [4.78, 5) is 0. The number of nitrogens with one attached hydrogen (secondary N) is 2. The fourth-order valence-corrected chi connectivity index (χ4v) is 3.80. The van der Waals surface area contributed by atoms with Crippen molar-refractivity contribution in [3.8, 4) is 11.1 Å². The molecule has 0 spiro atoms. The lowest BCUT2D eigenvalue weighted by molar-refractivity contribution is 0.542. The molecule has 2 aromatic rings. The second-order valence-corrected chi connectivity index (χ2v) is 6.86. The van der Waals surface area contributed by atoms with Crippen molar-refractivity contribution < 1.29 is 0 Å². The summed E-state index contributed by atoms with van der Waals surface area (Å²) in [6.07, 6.45) is 2.26. The Morgan fingerprint density at radius 3 is 2.59 bits per heavy atom. The summed E-state index contributed by atoms with van der Waals surface area (Å²) in [6, 6.07) is 16.0. The highest BCUT2D eigenvalue weighted by Gasteiger charge is 2.35. The third-order valence-corrected chi connectivity index (χ3v) is 5.07. The molecule has 1 atom stereocenters. The maximum absolute atomic E-state index is 3.52. The van der Waals surface area contributed by atoms with Gasteiger partial charge in [-0.05, 0) is 40.8 Å². The largest absolute Gasteiger partial charge is 0.376 e. The van der Waals surface area contributed by atoms with Crippen LogP contribution in [0.3, 0.4) is 0 Å². The van der Waals surface area contributed by atoms with E-state index in [4.69, 9.17) is 0 Å². The Hall–Kier alpha value is -2.06. The van der Waals surface area contributed by atoms with Crippen LogP contribution in [0.5, 0.6) is 0 Å². The molecule has 2 nitrogen and oxygen atoms in total. The molecule has 1 aliphatic carbocycles. The van der Waals surface area contributed by atoms with E-state index in [1.54, 1.807) is 0 Å². The molecule has 2 heteroatoms. The van der Waals surface area contributed by atoms with Crippen molar-refractivity contribution in [3.05, 3.63) is 70.9 Å². The minimum absolute atomic E-state index is 0.0770. The quantitative estimate of drug-likeness (QED) is 0.826. The Labute approximate surface area is 132 Å². The molecular formula is C20H22N2. The van der Waals surface area contributed by atoms with Crippen molar-refractivity contribution in [2.24, 2.45) is 0 Å². The monoisotopic (exact) mass is 290 g/mol. The van der Waals surface area contributed by atoms with Gasteiger partial charge in [-0.2, -0.15) is 0 Å². The summed E-state index contributed by atoms with van der Waals surface area (Å²) >= 11 is 0. The lowest BCUT2D eigenvalue weighted by Gasteiger charge is -2.26. The minimum atomic E-state index is 0.0770. The van der Waals surface area contributed by atoms with Crippen LogP contribution >= 0.6 is 0 Å². The zero-order valence-corrected chi connectivity index (χ0v) is 13.4. The third-order valence-electron chi connectivity index (χ3n) is 5.07. The van der Waals surface area contributed by atoms with Crippen LogP contribution in [0.15, 0.2) is 54.2 Å². The summed E-state index contributed by atoms with van der Waals surface area (Å²) in [6.45, 7) is 7.62. The number of benzene rings is 2. The summed E-state index contributed by atoms with van der Waals surface area (Å²) in [5.41, 5.74) is 8.32. The summed E-state index contributed by atoms with van der Waals surface area (Å²) in [5, 5.41) is 6.83. The van der Waals surface area contributed by atoms with E-state index in [2.05, 4.69) is 79.9 Å². The fourth-order valence-electron chi connectivity index (χ4n) is 3.80. The molecule has 1 unspecified atom stereocenters. The van der Waals surface area contributed by atoms with E-state index in [-0.39, 0.29) is 5.41 Å². The van der Waals surface area contributed by atoms with Crippen LogP contribution in [-0.4, -0.2) is 6.67 Å². The van der Waals surface area contributed by atoms with Crippen LogP contribution in [0.2, 0.25) is 0 Å². The van der Waals surface area contributed by atoms with Gasteiger partial charge in [0.2, 0.25) is 0 Å². The number of hydrogen-bond donors (Lipinski definition) is 2. The molecular weight excluding hydrogens is 268 g/mol. The first-order chi connectivity index (χ1) is 10.6. The lowest BCUT2D eigenvalue weighted by atomic mass is 9.81. The highest BCUT2D eigenvalue weighted by molar-refractivity contribution is 5.80. The smallest absolute Gasteiger partial charge is 0.0657 e. The van der Waals surface area contributed by atoms with Crippen LogP contribution in [0.25, 0.3) is 11.1 Å². The molecule has 0 amide bonds. The van der Waals surface area contributed by atoms with Gasteiger partial charge in [-0.1, -0.05) is 56.3 Å². The Balaban J connectivity index is 1.84. The normalized spacial score (nSPS) is 21.6. The number of hydrogen-bond acceptors (Lipinski definition) is 2. The number of rotatable bonds is 1. The second-order valence-electron chi connectivity index (χ2n) is 6.86. The van der Waals surface area contributed by atoms with E-state index in [0.29, 0.717) is 6.04 Å². The van der Waals surface area contributed by atoms with Crippen LogP contribution < -0.4 is 10.6 Å². The van der Waals surface area contributed by atoms with Gasteiger partial charge in [-0.3, -0.25) is 5.32 Å². The van der Waals surface area contributed by atoms with Crippen LogP contribution in [0.1, 0.15) is 43.5 Å². The van der Waals surface area contributed by atoms with Gasteiger partial charge < -0.3 is 5.32 Å². The van der Waals surface area contributed by atoms with Gasteiger partial charge in [0, 0.05) is 11.1 Å². The minimum Gasteiger partial charge on any atom is -0.376 e. The molecule has 0 fully saturated rings. The molecule has 4 rings (SSSR count). The van der Waals surface area contributed by atoms with Crippen molar-refractivity contribution in [1.29, 1.82) is 0 Å². The molecule has 1 aliphatic heterocycles. The second kappa shape index (κ2) is 4.72. The predicted octanol–water partition coefficient (Wildman–Crippen LogP) is 4.09. The van der Waals surface area contributed by atoms with Gasteiger partial charge >= 0.3 is 0 Å². The molecule has 112 valence electrons. The summed E-state index contributed by atoms with van der Waals surface area (Å²) in [7, 11) is 0. The first-order valence-electron chi connectivity index (χ1n) is 7.97. The SMILES string of the molecule is CC1=CC(c2ccc3c(c2)C(C)(C)c2ccccc2-3)NCN1. The molecule has 2 aliphatic rings. The zero-order valence-electron chi connectivity index (χ0n) is 13.4. The standard InChI is InChI=1S/C20H22N2/c1-13-10-19(22-12-21-13)14-8-9-16-15-6-4-5-7-17(15)20(2,3)18(16)11-14/h4-11,19,21-22H,12H2,1-3H3. The molecule has 2 aromatic carbocycles. The lowest BCUT2D eigenvalue weighted by Crippen LogP contribution is -2.35. The summed E-state index contributed by atoms with van der Waals surface area (Å²) < 4.78 is 0. The van der Waals surface area contributed by atoms with Crippen molar-refractivity contribution in [3.63, 3.8) is 0 Å². The molecule has 2 N–H and O–H groups in total. The first-order valence-corrected chi connectivity index (χ1v) is 7.97. The molecule has 0 aromatic heterocycles. The maximum atomic E-state index is 3.52. The maximum Gasteiger partial charge on any atom is 0.0657 e. The number of allylic oxidation sites excluding steroid dienone is 1. The molecule has 0 saturated carbocycles. The molecule has 0 bridgehead atoms. The van der Waals surface area contributed by atoms with Crippen LogP contribution in [-0.2, 0) is 5.41 Å². The molecule has 0 radical (unpaired) electrons. The van der Waals surface area contributed by atoms with Gasteiger partial charge in [-0.15, -0.1) is 0 Å². The Morgan fingerprint density at radius 2 is 1.77 bits per heavy atom. The van der Waals surface area contributed by atoms with Gasteiger partial charge in [-0.25, -0.2) is 0 Å². The van der Waals surface area contributed by atoms with E-state index in [1.165, 1.54) is 33.5 Å². The fraction of sp³-hybridized carbons (Fsp3) is 0.300. The molecule has 1 heterocycles. The van der Waals surface area contributed by atoms with Gasteiger partial charge in [0.25, 0.3) is 0 Å². The van der Waals surface area contributed by atoms with Crippen molar-refractivity contribution in [2.75, 3.05) is 6.67 Å². The van der Waals surface area contributed by atoms with E-state index in [9.17, 15) is 0 Å². The van der Waals surface area contributed by atoms with E-state index in [1.807, 2.05) is 0 Å². The van der Waals surface area contributed by atoms with Crippen molar-refractivity contribution in [1.82, 2.24) is 10.6 Å². The predicted molar refractivity (Wildman–Crippen MR) is 91.6 cm³/mol. The number of fused-ring (bicyclic) bond motifs is 3. The molecule has 22 heavy (non-hydrogen) atoms. The van der Waals surface area contributed by atoms with Gasteiger partial charge in [0.05, 0.1) is 12.7 Å². The average Bonchev–Trinajstić information content (AvgIpc) is 2.76. The molecule has 0 saturated heterocycles. The van der Waals surface area contributed by atoms with Crippen molar-refractivity contribution >= 4 is 0 Å². The first kappa shape index (κ1) is 13.6. The zero-order chi connectivity index (χ0) is 15.3. The Morgan fingerprint density at radius 1 is 1.00 bits per heavy atom. The van der Waals surface area contributed by atoms with Gasteiger partial charge in [0.15, 0.2) is 0 Å². The van der Waals surface area contributed by atoms with Crippen molar-refractivity contribution in [2.45, 2.75) is 32.2 Å². The van der Waals surface area contributed by atoms with Gasteiger partial charge in [0.1, 0.15) is 0 Å². The highest BCUT2D eigenvalue weighted by atomic mass is 15.1. The average molecular weight is 290 g/mol. The van der Waals surface area contributed by atoms with Crippen LogP contribution in [0.4, 0.5) is 0 Å². The summed E-state index contributed by atoms with van der Waals surface area (Å²) in [5.74, 6) is 0. The van der Waals surface area contributed by atoms with E-state index in [0.717, 1.165) is 6.67 Å². The topological polar surface area (TPSA) is 24.1 Å². The van der Waals surface area contributed by atoms with E-state index < -0.39 is 0 Å². The Kier molecular flexibility index (Phi) is 2.92. The van der Waals surface area contributed by atoms with Crippen LogP contribution in [0, 0.1) is 0 Å². The third kappa shape index (κ3) is 1.91. The highest BCUT2D eigenvalue weighted by Crippen LogP contribution is 2.49. The Bertz CT molecular complexity index is 771. The van der Waals surface area contributed by atoms with E-state index >= 15 is 0 Å².